The summed E-state index contributed by atoms with van der Waals surface area (Å²) in [5.74, 6) is 0.909. The number of halogens is 1. The van der Waals surface area contributed by atoms with Crippen LogP contribution in [0.2, 0.25) is 5.02 Å². The summed E-state index contributed by atoms with van der Waals surface area (Å²) in [6.45, 7) is 15.4. The van der Waals surface area contributed by atoms with Crippen molar-refractivity contribution in [1.82, 2.24) is 4.98 Å². The lowest BCUT2D eigenvalue weighted by atomic mass is 9.84. The number of benzene rings is 2. The maximum absolute atomic E-state index is 6.68. The molecule has 0 radical (unpaired) electrons. The molecule has 0 spiro atoms. The molecular formula is C26H30ClNO. The van der Waals surface area contributed by atoms with Crippen LogP contribution in [0.3, 0.4) is 0 Å². The third-order valence-electron chi connectivity index (χ3n) is 5.46. The summed E-state index contributed by atoms with van der Waals surface area (Å²) in [6, 6.07) is 14.5. The van der Waals surface area contributed by atoms with Crippen molar-refractivity contribution in [1.29, 1.82) is 0 Å². The van der Waals surface area contributed by atoms with Crippen molar-refractivity contribution in [2.75, 3.05) is 0 Å². The normalized spacial score (nSPS) is 11.6. The lowest BCUT2D eigenvalue weighted by molar-refractivity contribution is 0.301. The third-order valence-corrected chi connectivity index (χ3v) is 5.77. The Kier molecular flexibility index (Phi) is 6.05. The fourth-order valence-electron chi connectivity index (χ4n) is 3.61. The highest BCUT2D eigenvalue weighted by Gasteiger charge is 2.22. The molecule has 0 aliphatic rings. The Labute approximate surface area is 179 Å². The molecule has 0 unspecified atom stereocenters. The van der Waals surface area contributed by atoms with Crippen LogP contribution >= 0.6 is 11.6 Å². The Morgan fingerprint density at radius 1 is 0.931 bits per heavy atom. The highest BCUT2D eigenvalue weighted by molar-refractivity contribution is 6.31. The van der Waals surface area contributed by atoms with E-state index in [0.717, 1.165) is 50.0 Å². The average Bonchev–Trinajstić information content (AvgIpc) is 2.66. The lowest BCUT2D eigenvalue weighted by Gasteiger charge is -2.23. The number of rotatable bonds is 4. The van der Waals surface area contributed by atoms with Crippen molar-refractivity contribution in [3.05, 3.63) is 81.0 Å². The van der Waals surface area contributed by atoms with Gasteiger partial charge >= 0.3 is 0 Å². The first-order chi connectivity index (χ1) is 13.6. The first-order valence-corrected chi connectivity index (χ1v) is 10.4. The van der Waals surface area contributed by atoms with Gasteiger partial charge in [0.2, 0.25) is 0 Å². The van der Waals surface area contributed by atoms with Gasteiger partial charge in [-0.05, 0) is 55.9 Å². The SMILES string of the molecule is Cc1cc(C(C)(C)C)c(Cl)cc1-c1nc(C)c(C)c(OCc2ccccc2)c1C. The first-order valence-electron chi connectivity index (χ1n) is 10.0. The van der Waals surface area contributed by atoms with Gasteiger partial charge in [0, 0.05) is 27.4 Å². The fourth-order valence-corrected chi connectivity index (χ4v) is 4.06. The van der Waals surface area contributed by atoms with Crippen molar-refractivity contribution >= 4 is 11.6 Å². The van der Waals surface area contributed by atoms with E-state index in [2.05, 4.69) is 65.8 Å². The Morgan fingerprint density at radius 3 is 2.21 bits per heavy atom. The number of hydrogen-bond acceptors (Lipinski definition) is 2. The van der Waals surface area contributed by atoms with Crippen LogP contribution in [0.25, 0.3) is 11.3 Å². The average molecular weight is 408 g/mol. The molecule has 3 aromatic rings. The van der Waals surface area contributed by atoms with Crippen LogP contribution in [-0.2, 0) is 12.0 Å². The summed E-state index contributed by atoms with van der Waals surface area (Å²) in [6.07, 6.45) is 0. The number of aryl methyl sites for hydroxylation is 2. The molecule has 1 aromatic heterocycles. The molecule has 2 aromatic carbocycles. The summed E-state index contributed by atoms with van der Waals surface area (Å²) in [5, 5.41) is 0.782. The maximum Gasteiger partial charge on any atom is 0.129 e. The topological polar surface area (TPSA) is 22.1 Å². The molecule has 3 heteroatoms. The molecule has 0 aliphatic carbocycles. The van der Waals surface area contributed by atoms with Crippen molar-refractivity contribution in [2.24, 2.45) is 0 Å². The van der Waals surface area contributed by atoms with Crippen LogP contribution in [-0.4, -0.2) is 4.98 Å². The molecule has 0 bridgehead atoms. The van der Waals surface area contributed by atoms with Gasteiger partial charge in [-0.2, -0.15) is 0 Å². The second-order valence-corrected chi connectivity index (χ2v) is 9.20. The Bertz CT molecular complexity index is 1030. The number of hydrogen-bond donors (Lipinski definition) is 0. The Hall–Kier alpha value is -2.32. The quantitative estimate of drug-likeness (QED) is 0.446. The minimum absolute atomic E-state index is 0.00397. The Morgan fingerprint density at radius 2 is 1.59 bits per heavy atom. The van der Waals surface area contributed by atoms with E-state index in [9.17, 15) is 0 Å². The molecule has 152 valence electrons. The monoisotopic (exact) mass is 407 g/mol. The van der Waals surface area contributed by atoms with E-state index >= 15 is 0 Å². The van der Waals surface area contributed by atoms with Crippen LogP contribution in [0.4, 0.5) is 0 Å². The second-order valence-electron chi connectivity index (χ2n) is 8.80. The van der Waals surface area contributed by atoms with E-state index in [1.54, 1.807) is 0 Å². The molecule has 0 fully saturated rings. The van der Waals surface area contributed by atoms with Crippen molar-refractivity contribution in [3.63, 3.8) is 0 Å². The van der Waals surface area contributed by atoms with Crippen LogP contribution in [0.15, 0.2) is 42.5 Å². The second kappa shape index (κ2) is 8.20. The third kappa shape index (κ3) is 4.48. The molecule has 1 heterocycles. The molecule has 3 rings (SSSR count). The lowest BCUT2D eigenvalue weighted by Crippen LogP contribution is -2.12. The number of aromatic nitrogens is 1. The van der Waals surface area contributed by atoms with Crippen LogP contribution in [0.1, 0.15) is 54.3 Å². The predicted octanol–water partition coefficient (Wildman–Crippen LogP) is 7.51. The van der Waals surface area contributed by atoms with Crippen molar-refractivity contribution < 1.29 is 4.74 Å². The van der Waals surface area contributed by atoms with E-state index in [1.807, 2.05) is 25.1 Å². The molecule has 0 atom stereocenters. The zero-order chi connectivity index (χ0) is 21.3. The van der Waals surface area contributed by atoms with Gasteiger partial charge in [0.25, 0.3) is 0 Å². The van der Waals surface area contributed by atoms with Gasteiger partial charge in [-0.25, -0.2) is 0 Å². The maximum atomic E-state index is 6.68. The first kappa shape index (κ1) is 21.4. The zero-order valence-corrected chi connectivity index (χ0v) is 19.2. The van der Waals surface area contributed by atoms with E-state index in [1.165, 1.54) is 5.56 Å². The van der Waals surface area contributed by atoms with Crippen LogP contribution < -0.4 is 4.74 Å². The summed E-state index contributed by atoms with van der Waals surface area (Å²) < 4.78 is 6.27. The number of pyridine rings is 1. The molecule has 29 heavy (non-hydrogen) atoms. The highest BCUT2D eigenvalue weighted by Crippen LogP contribution is 2.39. The van der Waals surface area contributed by atoms with Gasteiger partial charge < -0.3 is 4.74 Å². The summed E-state index contributed by atoms with van der Waals surface area (Å²) in [5.41, 5.74) is 8.58. The van der Waals surface area contributed by atoms with Gasteiger partial charge in [-0.3, -0.25) is 4.98 Å². The Balaban J connectivity index is 2.07. The van der Waals surface area contributed by atoms with Crippen LogP contribution in [0.5, 0.6) is 5.75 Å². The molecule has 0 saturated heterocycles. The van der Waals surface area contributed by atoms with Crippen LogP contribution in [0, 0.1) is 27.7 Å². The van der Waals surface area contributed by atoms with Gasteiger partial charge in [-0.15, -0.1) is 0 Å². The van der Waals surface area contributed by atoms with E-state index in [0.29, 0.717) is 6.61 Å². The highest BCUT2D eigenvalue weighted by atomic mass is 35.5. The van der Waals surface area contributed by atoms with Crippen molar-refractivity contribution in [2.45, 2.75) is 60.5 Å². The molecule has 0 N–H and O–H groups in total. The largest absolute Gasteiger partial charge is 0.488 e. The van der Waals surface area contributed by atoms with E-state index < -0.39 is 0 Å². The summed E-state index contributed by atoms with van der Waals surface area (Å²) in [4.78, 5) is 4.91. The van der Waals surface area contributed by atoms with Gasteiger partial charge in [0.15, 0.2) is 0 Å². The van der Waals surface area contributed by atoms with E-state index in [-0.39, 0.29) is 5.41 Å². The minimum atomic E-state index is -0.00397. The summed E-state index contributed by atoms with van der Waals surface area (Å²) in [7, 11) is 0. The zero-order valence-electron chi connectivity index (χ0n) is 18.5. The molecule has 0 amide bonds. The van der Waals surface area contributed by atoms with E-state index in [4.69, 9.17) is 21.3 Å². The fraction of sp³-hybridized carbons (Fsp3) is 0.346. The van der Waals surface area contributed by atoms with Gasteiger partial charge in [0.05, 0.1) is 5.69 Å². The molecule has 0 aliphatic heterocycles. The molecule has 2 nitrogen and oxygen atoms in total. The number of ether oxygens (including phenoxy) is 1. The standard InChI is InChI=1S/C26H30ClNO/c1-16-13-22(26(5,6)7)23(27)14-21(16)24-18(3)25(17(2)19(4)28-24)29-15-20-11-9-8-10-12-20/h8-14H,15H2,1-7H3. The van der Waals surface area contributed by atoms with Gasteiger partial charge in [-0.1, -0.05) is 68.8 Å². The molecule has 0 saturated carbocycles. The van der Waals surface area contributed by atoms with Gasteiger partial charge in [0.1, 0.15) is 12.4 Å². The number of nitrogens with zero attached hydrogens (tertiary/aromatic N) is 1. The summed E-state index contributed by atoms with van der Waals surface area (Å²) >= 11 is 6.68. The smallest absolute Gasteiger partial charge is 0.129 e. The van der Waals surface area contributed by atoms with Crippen molar-refractivity contribution in [3.8, 4) is 17.0 Å². The molecular weight excluding hydrogens is 378 g/mol. The predicted molar refractivity (Wildman–Crippen MR) is 123 cm³/mol. The minimum Gasteiger partial charge on any atom is -0.488 e.